The molecule has 1 N–H and O–H groups in total. The van der Waals surface area contributed by atoms with Gasteiger partial charge in [-0.15, -0.1) is 11.8 Å². The van der Waals surface area contributed by atoms with Crippen LogP contribution in [0.2, 0.25) is 0 Å². The first-order valence-corrected chi connectivity index (χ1v) is 12.2. The van der Waals surface area contributed by atoms with Gasteiger partial charge in [0, 0.05) is 42.3 Å². The van der Waals surface area contributed by atoms with E-state index in [0.717, 1.165) is 31.4 Å². The molecule has 2 aliphatic heterocycles. The molecule has 2 fully saturated rings. The molecule has 6 heteroatoms. The van der Waals surface area contributed by atoms with Gasteiger partial charge in [0.15, 0.2) is 0 Å². The van der Waals surface area contributed by atoms with Crippen LogP contribution in [-0.2, 0) is 16.0 Å². The molecule has 2 aromatic rings. The second-order valence-electron chi connectivity index (χ2n) is 8.73. The Kier molecular flexibility index (Phi) is 6.65. The van der Waals surface area contributed by atoms with E-state index in [1.165, 1.54) is 22.6 Å². The van der Waals surface area contributed by atoms with Gasteiger partial charge >= 0.3 is 0 Å². The predicted molar refractivity (Wildman–Crippen MR) is 122 cm³/mol. The standard InChI is InChI=1S/C25H29FN2O2S/c1-31-22-8-2-18(3-9-22)16-25(13-10-23(29)27-25)14-11-24(30)28-15-12-20(17-28)19-4-6-21(26)7-5-19/h2-9,20H,10-17H2,1H3,(H,27,29)/t20-,25-/m1/s1. The van der Waals surface area contributed by atoms with Gasteiger partial charge in [-0.1, -0.05) is 24.3 Å². The summed E-state index contributed by atoms with van der Waals surface area (Å²) < 4.78 is 13.2. The Balaban J connectivity index is 1.36. The molecule has 4 nitrogen and oxygen atoms in total. The molecule has 0 unspecified atom stereocenters. The molecule has 2 aromatic carbocycles. The molecular weight excluding hydrogens is 411 g/mol. The summed E-state index contributed by atoms with van der Waals surface area (Å²) in [6, 6.07) is 15.1. The number of amides is 2. The zero-order valence-electron chi connectivity index (χ0n) is 17.9. The van der Waals surface area contributed by atoms with Crippen molar-refractivity contribution in [2.75, 3.05) is 19.3 Å². The number of hydrogen-bond donors (Lipinski definition) is 1. The molecular formula is C25H29FN2O2S. The number of carbonyl (C=O) groups is 2. The lowest BCUT2D eigenvalue weighted by molar-refractivity contribution is -0.131. The van der Waals surface area contributed by atoms with Crippen molar-refractivity contribution < 1.29 is 14.0 Å². The van der Waals surface area contributed by atoms with Crippen LogP contribution in [0.3, 0.4) is 0 Å². The van der Waals surface area contributed by atoms with Crippen molar-refractivity contribution >= 4 is 23.6 Å². The number of nitrogens with one attached hydrogen (secondary N) is 1. The van der Waals surface area contributed by atoms with Crippen LogP contribution in [0.1, 0.15) is 49.1 Å². The van der Waals surface area contributed by atoms with Crippen molar-refractivity contribution in [3.63, 3.8) is 0 Å². The van der Waals surface area contributed by atoms with Crippen molar-refractivity contribution in [3.8, 4) is 0 Å². The van der Waals surface area contributed by atoms with Crippen LogP contribution in [0, 0.1) is 5.82 Å². The quantitative estimate of drug-likeness (QED) is 0.644. The Morgan fingerprint density at radius 3 is 2.58 bits per heavy atom. The summed E-state index contributed by atoms with van der Waals surface area (Å²) in [5.41, 5.74) is 1.93. The summed E-state index contributed by atoms with van der Waals surface area (Å²) >= 11 is 1.71. The van der Waals surface area contributed by atoms with Gasteiger partial charge in [0.2, 0.25) is 11.8 Å². The molecule has 0 saturated carbocycles. The van der Waals surface area contributed by atoms with Crippen LogP contribution < -0.4 is 5.32 Å². The SMILES string of the molecule is CSc1ccc(C[C@]2(CCC(=O)N3CC[C@@H](c4ccc(F)cc4)C3)CCC(=O)N2)cc1. The van der Waals surface area contributed by atoms with Crippen molar-refractivity contribution in [3.05, 3.63) is 65.5 Å². The van der Waals surface area contributed by atoms with Gasteiger partial charge in [0.25, 0.3) is 0 Å². The minimum atomic E-state index is -0.344. The van der Waals surface area contributed by atoms with E-state index in [-0.39, 0.29) is 29.1 Å². The number of thioether (sulfide) groups is 1. The van der Waals surface area contributed by atoms with Crippen LogP contribution in [0.25, 0.3) is 0 Å². The van der Waals surface area contributed by atoms with Crippen LogP contribution in [0.4, 0.5) is 4.39 Å². The van der Waals surface area contributed by atoms with Crippen LogP contribution in [0.5, 0.6) is 0 Å². The number of hydrogen-bond acceptors (Lipinski definition) is 3. The highest BCUT2D eigenvalue weighted by Crippen LogP contribution is 2.32. The number of rotatable bonds is 7. The van der Waals surface area contributed by atoms with Gasteiger partial charge in [-0.3, -0.25) is 9.59 Å². The zero-order chi connectivity index (χ0) is 21.8. The van der Waals surface area contributed by atoms with Crippen molar-refractivity contribution in [1.29, 1.82) is 0 Å². The maximum Gasteiger partial charge on any atom is 0.222 e. The highest BCUT2D eigenvalue weighted by molar-refractivity contribution is 7.98. The normalized spacial score (nSPS) is 23.2. The lowest BCUT2D eigenvalue weighted by Crippen LogP contribution is -2.44. The van der Waals surface area contributed by atoms with E-state index in [4.69, 9.17) is 0 Å². The number of likely N-dealkylation sites (tertiary alicyclic amines) is 1. The molecule has 4 rings (SSSR count). The molecule has 0 aliphatic carbocycles. The highest BCUT2D eigenvalue weighted by Gasteiger charge is 2.38. The van der Waals surface area contributed by atoms with E-state index in [2.05, 4.69) is 35.8 Å². The monoisotopic (exact) mass is 440 g/mol. The maximum atomic E-state index is 13.2. The minimum absolute atomic E-state index is 0.0747. The molecule has 164 valence electrons. The molecule has 0 aromatic heterocycles. The minimum Gasteiger partial charge on any atom is -0.350 e. The van der Waals surface area contributed by atoms with Gasteiger partial charge in [-0.2, -0.15) is 0 Å². The Morgan fingerprint density at radius 1 is 1.19 bits per heavy atom. The molecule has 31 heavy (non-hydrogen) atoms. The lowest BCUT2D eigenvalue weighted by Gasteiger charge is -2.30. The molecule has 2 amide bonds. The predicted octanol–water partition coefficient (Wildman–Crippen LogP) is 4.54. The summed E-state index contributed by atoms with van der Waals surface area (Å²) in [6.07, 6.45) is 6.08. The summed E-state index contributed by atoms with van der Waals surface area (Å²) in [4.78, 5) is 28.1. The number of halogens is 1. The van der Waals surface area contributed by atoms with E-state index in [1.54, 1.807) is 11.8 Å². The fraction of sp³-hybridized carbons (Fsp3) is 0.440. The van der Waals surface area contributed by atoms with Gasteiger partial charge < -0.3 is 10.2 Å². The molecule has 2 saturated heterocycles. The Bertz CT molecular complexity index is 932. The third kappa shape index (κ3) is 5.29. The lowest BCUT2D eigenvalue weighted by atomic mass is 9.85. The van der Waals surface area contributed by atoms with Gasteiger partial charge in [0.1, 0.15) is 5.82 Å². The summed E-state index contributed by atoms with van der Waals surface area (Å²) in [7, 11) is 0. The van der Waals surface area contributed by atoms with E-state index < -0.39 is 0 Å². The second kappa shape index (κ2) is 9.43. The number of nitrogens with zero attached hydrogens (tertiary/aromatic N) is 1. The fourth-order valence-electron chi connectivity index (χ4n) is 4.81. The van der Waals surface area contributed by atoms with Crippen LogP contribution in [0.15, 0.2) is 53.4 Å². The van der Waals surface area contributed by atoms with Gasteiger partial charge in [-0.25, -0.2) is 4.39 Å². The van der Waals surface area contributed by atoms with E-state index >= 15 is 0 Å². The third-order valence-electron chi connectivity index (χ3n) is 6.64. The Labute approximate surface area is 187 Å². The van der Waals surface area contributed by atoms with Crippen molar-refractivity contribution in [2.45, 2.75) is 54.9 Å². The van der Waals surface area contributed by atoms with E-state index in [9.17, 15) is 14.0 Å². The first kappa shape index (κ1) is 21.9. The molecule has 2 atom stereocenters. The van der Waals surface area contributed by atoms with Crippen molar-refractivity contribution in [2.24, 2.45) is 0 Å². The number of benzene rings is 2. The zero-order valence-corrected chi connectivity index (χ0v) is 18.7. The number of carbonyl (C=O) groups excluding carboxylic acids is 2. The first-order valence-electron chi connectivity index (χ1n) is 10.9. The second-order valence-corrected chi connectivity index (χ2v) is 9.61. The Hall–Kier alpha value is -2.34. The van der Waals surface area contributed by atoms with E-state index in [0.29, 0.717) is 25.8 Å². The van der Waals surface area contributed by atoms with E-state index in [1.807, 2.05) is 17.0 Å². The molecule has 0 bridgehead atoms. The molecule has 0 spiro atoms. The molecule has 2 heterocycles. The summed E-state index contributed by atoms with van der Waals surface area (Å²) in [5.74, 6) is 0.245. The smallest absolute Gasteiger partial charge is 0.222 e. The summed E-state index contributed by atoms with van der Waals surface area (Å²) in [5, 5.41) is 3.18. The average molecular weight is 441 g/mol. The van der Waals surface area contributed by atoms with Gasteiger partial charge in [0.05, 0.1) is 0 Å². The topological polar surface area (TPSA) is 49.4 Å². The first-order chi connectivity index (χ1) is 15.0. The average Bonchev–Trinajstić information content (AvgIpc) is 3.41. The highest BCUT2D eigenvalue weighted by atomic mass is 32.2. The van der Waals surface area contributed by atoms with Crippen LogP contribution >= 0.6 is 11.8 Å². The molecule has 0 radical (unpaired) electrons. The summed E-state index contributed by atoms with van der Waals surface area (Å²) in [6.45, 7) is 1.41. The van der Waals surface area contributed by atoms with Gasteiger partial charge in [-0.05, 0) is 67.3 Å². The van der Waals surface area contributed by atoms with Crippen molar-refractivity contribution in [1.82, 2.24) is 10.2 Å². The Morgan fingerprint density at radius 2 is 1.94 bits per heavy atom. The largest absolute Gasteiger partial charge is 0.350 e. The maximum absolute atomic E-state index is 13.2. The fourth-order valence-corrected chi connectivity index (χ4v) is 5.22. The third-order valence-corrected chi connectivity index (χ3v) is 7.38. The molecule has 2 aliphatic rings. The van der Waals surface area contributed by atoms with Crippen LogP contribution in [-0.4, -0.2) is 41.6 Å².